The fraction of sp³-hybridized carbons (Fsp3) is 0.500. The molecule has 0 amide bonds. The molecule has 1 atom stereocenters. The minimum atomic E-state index is -2.80. The van der Waals surface area contributed by atoms with Crippen molar-refractivity contribution in [2.45, 2.75) is 18.4 Å². The van der Waals surface area contributed by atoms with Crippen molar-refractivity contribution < 1.29 is 57.0 Å². The van der Waals surface area contributed by atoms with Crippen LogP contribution in [0.15, 0.2) is 0 Å². The van der Waals surface area contributed by atoms with Crippen molar-refractivity contribution in [1.29, 1.82) is 0 Å². The number of carbonyl (C=O) groups excluding carboxylic acids is 1. The molecule has 0 spiro atoms. The molecule has 11 nitrogen and oxygen atoms in total. The Morgan fingerprint density at radius 1 is 1.11 bits per heavy atom. The molecule has 0 aliphatic heterocycles. The molecule has 3 N–H and O–H groups in total. The smallest absolute Gasteiger partial charge is 0.550 e. The van der Waals surface area contributed by atoms with Crippen molar-refractivity contribution in [2.24, 2.45) is 0 Å². The summed E-state index contributed by atoms with van der Waals surface area (Å²) >= 11 is 0. The number of carbonyl (C=O) groups is 3. The zero-order chi connectivity index (χ0) is 14.2. The topological polar surface area (TPSA) is 201 Å². The van der Waals surface area contributed by atoms with Gasteiger partial charge in [0.05, 0.1) is 11.5 Å². The van der Waals surface area contributed by atoms with Crippen molar-refractivity contribution in [3.8, 4) is 0 Å². The van der Waals surface area contributed by atoms with Crippen molar-refractivity contribution >= 4 is 17.9 Å². The zero-order valence-electron chi connectivity index (χ0n) is 8.36. The first-order chi connectivity index (χ1) is 7.51. The molecule has 18 heavy (non-hydrogen) atoms. The van der Waals surface area contributed by atoms with Crippen molar-refractivity contribution in [3.05, 3.63) is 15.3 Å². The molecule has 1 radical (unpaired) electrons. The maximum Gasteiger partial charge on any atom is 2.00 e. The van der Waals surface area contributed by atoms with E-state index in [-0.39, 0.29) is 17.1 Å². The van der Waals surface area contributed by atoms with E-state index < -0.39 is 41.4 Å². The van der Waals surface area contributed by atoms with E-state index in [0.717, 1.165) is 0 Å². The van der Waals surface area contributed by atoms with Crippen molar-refractivity contribution in [1.82, 2.24) is 0 Å². The summed E-state index contributed by atoms with van der Waals surface area (Å²) in [7, 11) is 0. The molecule has 0 saturated carbocycles. The van der Waals surface area contributed by atoms with Gasteiger partial charge in [-0.1, -0.05) is 0 Å². The van der Waals surface area contributed by atoms with Gasteiger partial charge in [0.15, 0.2) is 5.60 Å². The summed E-state index contributed by atoms with van der Waals surface area (Å²) in [6, 6.07) is 0. The molecule has 0 aromatic heterocycles. The van der Waals surface area contributed by atoms with E-state index in [1.54, 1.807) is 0 Å². The van der Waals surface area contributed by atoms with Gasteiger partial charge >= 0.3 is 29.0 Å². The van der Waals surface area contributed by atoms with E-state index in [4.69, 9.17) is 30.6 Å². The maximum absolute atomic E-state index is 10.3. The summed E-state index contributed by atoms with van der Waals surface area (Å²) in [5, 5.41) is 50.3. The van der Waals surface area contributed by atoms with Crippen LogP contribution in [0.4, 0.5) is 0 Å². The van der Waals surface area contributed by atoms with E-state index in [1.165, 1.54) is 0 Å². The maximum atomic E-state index is 10.3. The monoisotopic (exact) mass is 316 g/mol. The number of carboxylic acid groups (broad SMARTS) is 3. The van der Waals surface area contributed by atoms with Crippen molar-refractivity contribution in [2.75, 3.05) is 0 Å². The molecule has 1 unspecified atom stereocenters. The van der Waals surface area contributed by atoms with Crippen LogP contribution in [-0.2, 0) is 31.5 Å². The molecule has 0 aliphatic carbocycles. The molecule has 0 heterocycles. The Morgan fingerprint density at radius 3 is 1.61 bits per heavy atom. The fourth-order valence-electron chi connectivity index (χ4n) is 0.703. The van der Waals surface area contributed by atoms with Crippen LogP contribution in [-0.4, -0.2) is 43.9 Å². The van der Waals surface area contributed by atoms with Gasteiger partial charge in [-0.05, 0) is 0 Å². The van der Waals surface area contributed by atoms with Crippen LogP contribution in [0, 0.1) is 15.3 Å². The predicted molar refractivity (Wildman–Crippen MR) is 44.8 cm³/mol. The standard InChI is InChI=1S/C6H8O7.Cu.NO3/c7-3(8)1-6(13,5(11)12)2-4(9)10;;2-1(3)4/h13H,1-2H2,(H,7,8)(H,9,10)(H,11,12);;/q;+2;-1/p-1. The van der Waals surface area contributed by atoms with E-state index >= 15 is 0 Å². The van der Waals surface area contributed by atoms with Crippen LogP contribution < -0.4 is 5.11 Å². The first-order valence-corrected chi connectivity index (χ1v) is 3.70. The largest absolute Gasteiger partial charge is 2.00 e. The minimum absolute atomic E-state index is 0. The first-order valence-electron chi connectivity index (χ1n) is 3.70. The number of rotatable bonds is 5. The van der Waals surface area contributed by atoms with E-state index in [1.807, 2.05) is 0 Å². The second-order valence-electron chi connectivity index (χ2n) is 2.68. The van der Waals surface area contributed by atoms with Gasteiger partial charge in [0.1, 0.15) is 0 Å². The second kappa shape index (κ2) is 9.15. The Kier molecular flexibility index (Phi) is 10.9. The number of aliphatic carboxylic acids is 3. The molecule has 0 aromatic rings. The zero-order valence-corrected chi connectivity index (χ0v) is 9.30. The normalized spacial score (nSPS) is 11.8. The Balaban J connectivity index is -0.000000392. The average Bonchev–Trinajstić information content (AvgIpc) is 1.98. The molecule has 0 rings (SSSR count). The van der Waals surface area contributed by atoms with Gasteiger partial charge in [-0.25, -0.2) is 4.79 Å². The summed E-state index contributed by atoms with van der Waals surface area (Å²) in [5.41, 5.74) is -2.80. The number of hydrogen-bond donors (Lipinski definition) is 3. The van der Waals surface area contributed by atoms with Crippen LogP contribution >= 0.6 is 0 Å². The predicted octanol–water partition coefficient (Wildman–Crippen LogP) is -2.82. The van der Waals surface area contributed by atoms with Crippen LogP contribution in [0.3, 0.4) is 0 Å². The average molecular weight is 317 g/mol. The summed E-state index contributed by atoms with van der Waals surface area (Å²) in [6.45, 7) is 0. The van der Waals surface area contributed by atoms with Gasteiger partial charge in [-0.15, -0.1) is 0 Å². The molecule has 107 valence electrons. The minimum Gasteiger partial charge on any atom is -0.550 e. The third-order valence-electron chi connectivity index (χ3n) is 1.28. The summed E-state index contributed by atoms with van der Waals surface area (Å²) in [4.78, 5) is 38.6. The van der Waals surface area contributed by atoms with E-state index in [0.29, 0.717) is 0 Å². The van der Waals surface area contributed by atoms with Gasteiger partial charge < -0.3 is 40.5 Å². The number of aliphatic hydroxyl groups is 1. The number of hydrogen-bond acceptors (Lipinski definition) is 8. The molecule has 0 aliphatic rings. The SMILES string of the molecule is O=C([O-])CC(O)(CC(=O)O)C(=O)O.O=[N+]([O-])[O-].[Cu+2]. The van der Waals surface area contributed by atoms with Gasteiger partial charge in [0, 0.05) is 12.4 Å². The number of carboxylic acids is 3. The van der Waals surface area contributed by atoms with Crippen LogP contribution in [0.2, 0.25) is 0 Å². The van der Waals surface area contributed by atoms with E-state index in [2.05, 4.69) is 0 Å². The number of nitrogens with zero attached hydrogens (tertiary/aromatic N) is 1. The third kappa shape index (κ3) is 12.2. The Hall–Kier alpha value is -1.91. The second-order valence-corrected chi connectivity index (χ2v) is 2.68. The van der Waals surface area contributed by atoms with Crippen LogP contribution in [0.25, 0.3) is 0 Å². The Labute approximate surface area is 109 Å². The summed E-state index contributed by atoms with van der Waals surface area (Å²) in [5.74, 6) is -5.34. The van der Waals surface area contributed by atoms with Gasteiger partial charge in [-0.3, -0.25) is 4.79 Å². The quantitative estimate of drug-likeness (QED) is 0.269. The fourth-order valence-corrected chi connectivity index (χ4v) is 0.703. The molecule has 0 saturated heterocycles. The molecule has 12 heteroatoms. The van der Waals surface area contributed by atoms with Crippen molar-refractivity contribution in [3.63, 3.8) is 0 Å². The summed E-state index contributed by atoms with van der Waals surface area (Å²) in [6.07, 6.45) is -2.44. The third-order valence-corrected chi connectivity index (χ3v) is 1.28. The van der Waals surface area contributed by atoms with Crippen LogP contribution in [0.1, 0.15) is 12.8 Å². The molecule has 0 fully saturated rings. The van der Waals surface area contributed by atoms with E-state index in [9.17, 15) is 19.5 Å². The molecule has 0 aromatic carbocycles. The molecular formula is C6H7CuNO10. The van der Waals surface area contributed by atoms with Gasteiger partial charge in [-0.2, -0.15) is 0 Å². The van der Waals surface area contributed by atoms with Crippen LogP contribution in [0.5, 0.6) is 0 Å². The Bertz CT molecular complexity index is 308. The molecule has 0 bridgehead atoms. The van der Waals surface area contributed by atoms with Gasteiger partial charge in [0.25, 0.3) is 0 Å². The Morgan fingerprint density at radius 2 is 1.44 bits per heavy atom. The summed E-state index contributed by atoms with van der Waals surface area (Å²) < 4.78 is 0. The van der Waals surface area contributed by atoms with Gasteiger partial charge in [0.2, 0.25) is 0 Å². The molecular weight excluding hydrogens is 310 g/mol. The first kappa shape index (κ1) is 21.4.